The molecule has 1 saturated heterocycles. The van der Waals surface area contributed by atoms with Gasteiger partial charge in [-0.3, -0.25) is 0 Å². The standard InChI is InChI=1S/C11H19N3O3/c1-16-8-10-12-11(13-17-10)9-2-4-14(5-3-9)6-7-15/h9,15H,2-8H2,1H3. The lowest BCUT2D eigenvalue weighted by Crippen LogP contribution is -2.35. The van der Waals surface area contributed by atoms with Crippen LogP contribution in [0.1, 0.15) is 30.5 Å². The van der Waals surface area contributed by atoms with Crippen LogP contribution in [-0.4, -0.2) is 53.5 Å². The SMILES string of the molecule is COCc1nc(C2CCN(CCO)CC2)no1. The Bertz CT molecular complexity index is 334. The fourth-order valence-corrected chi connectivity index (χ4v) is 2.17. The molecule has 6 heteroatoms. The zero-order valence-corrected chi connectivity index (χ0v) is 10.1. The summed E-state index contributed by atoms with van der Waals surface area (Å²) in [5, 5.41) is 12.9. The van der Waals surface area contributed by atoms with Crippen LogP contribution >= 0.6 is 0 Å². The van der Waals surface area contributed by atoms with Gasteiger partial charge in [0, 0.05) is 19.6 Å². The van der Waals surface area contributed by atoms with E-state index in [1.807, 2.05) is 0 Å². The first kappa shape index (κ1) is 12.5. The van der Waals surface area contributed by atoms with E-state index in [9.17, 15) is 0 Å². The van der Waals surface area contributed by atoms with Crippen molar-refractivity contribution in [2.24, 2.45) is 0 Å². The van der Waals surface area contributed by atoms with Crippen molar-refractivity contribution >= 4 is 0 Å². The molecule has 0 atom stereocenters. The van der Waals surface area contributed by atoms with Crippen molar-refractivity contribution in [3.05, 3.63) is 11.7 Å². The van der Waals surface area contributed by atoms with Crippen molar-refractivity contribution in [1.29, 1.82) is 0 Å². The highest BCUT2D eigenvalue weighted by Crippen LogP contribution is 2.25. The number of piperidine rings is 1. The van der Waals surface area contributed by atoms with Crippen LogP contribution in [-0.2, 0) is 11.3 Å². The van der Waals surface area contributed by atoms with Crippen molar-refractivity contribution in [3.63, 3.8) is 0 Å². The van der Waals surface area contributed by atoms with Gasteiger partial charge < -0.3 is 19.3 Å². The van der Waals surface area contributed by atoms with E-state index < -0.39 is 0 Å². The summed E-state index contributed by atoms with van der Waals surface area (Å²) in [5.41, 5.74) is 0. The van der Waals surface area contributed by atoms with Crippen LogP contribution in [0.25, 0.3) is 0 Å². The zero-order chi connectivity index (χ0) is 12.1. The van der Waals surface area contributed by atoms with Crippen LogP contribution < -0.4 is 0 Å². The molecule has 0 aromatic carbocycles. The number of nitrogens with zero attached hydrogens (tertiary/aromatic N) is 3. The highest BCUT2D eigenvalue weighted by atomic mass is 16.5. The molecule has 1 N–H and O–H groups in total. The Kier molecular flexibility index (Phi) is 4.47. The highest BCUT2D eigenvalue weighted by molar-refractivity contribution is 4.97. The van der Waals surface area contributed by atoms with E-state index in [2.05, 4.69) is 15.0 Å². The van der Waals surface area contributed by atoms with Gasteiger partial charge in [0.05, 0.1) is 6.61 Å². The average Bonchev–Trinajstić information content (AvgIpc) is 2.80. The largest absolute Gasteiger partial charge is 0.395 e. The average molecular weight is 241 g/mol. The maximum absolute atomic E-state index is 8.87. The summed E-state index contributed by atoms with van der Waals surface area (Å²) >= 11 is 0. The normalized spacial score (nSPS) is 18.7. The number of hydrogen-bond acceptors (Lipinski definition) is 6. The van der Waals surface area contributed by atoms with Crippen molar-refractivity contribution < 1.29 is 14.4 Å². The molecule has 0 spiro atoms. The molecule has 6 nitrogen and oxygen atoms in total. The third-order valence-corrected chi connectivity index (χ3v) is 3.12. The molecule has 1 aliphatic rings. The summed E-state index contributed by atoms with van der Waals surface area (Å²) in [5.74, 6) is 1.71. The summed E-state index contributed by atoms with van der Waals surface area (Å²) < 4.78 is 10.0. The summed E-state index contributed by atoms with van der Waals surface area (Å²) in [4.78, 5) is 6.58. The van der Waals surface area contributed by atoms with E-state index >= 15 is 0 Å². The molecule has 96 valence electrons. The number of hydrogen-bond donors (Lipinski definition) is 1. The lowest BCUT2D eigenvalue weighted by atomic mass is 9.96. The fraction of sp³-hybridized carbons (Fsp3) is 0.818. The Morgan fingerprint density at radius 1 is 1.47 bits per heavy atom. The topological polar surface area (TPSA) is 71.6 Å². The predicted octanol–water partition coefficient (Wildman–Crippen LogP) is 0.388. The van der Waals surface area contributed by atoms with Gasteiger partial charge in [0.15, 0.2) is 5.82 Å². The van der Waals surface area contributed by atoms with Crippen LogP contribution in [0, 0.1) is 0 Å². The van der Waals surface area contributed by atoms with E-state index in [0.717, 1.165) is 38.3 Å². The maximum atomic E-state index is 8.87. The minimum absolute atomic E-state index is 0.227. The first-order valence-electron chi connectivity index (χ1n) is 5.98. The molecule has 0 saturated carbocycles. The second-order valence-electron chi connectivity index (χ2n) is 4.32. The smallest absolute Gasteiger partial charge is 0.252 e. The zero-order valence-electron chi connectivity index (χ0n) is 10.1. The molecule has 1 aromatic heterocycles. The molecule has 0 aliphatic carbocycles. The predicted molar refractivity (Wildman–Crippen MR) is 60.5 cm³/mol. The van der Waals surface area contributed by atoms with E-state index in [0.29, 0.717) is 18.4 Å². The van der Waals surface area contributed by atoms with Crippen molar-refractivity contribution in [3.8, 4) is 0 Å². The van der Waals surface area contributed by atoms with Crippen LogP contribution in [0.3, 0.4) is 0 Å². The summed E-state index contributed by atoms with van der Waals surface area (Å²) in [6, 6.07) is 0. The number of likely N-dealkylation sites (tertiary alicyclic amines) is 1. The molecule has 2 rings (SSSR count). The monoisotopic (exact) mass is 241 g/mol. The van der Waals surface area contributed by atoms with Gasteiger partial charge in [-0.2, -0.15) is 4.98 Å². The number of aliphatic hydroxyl groups excluding tert-OH is 1. The van der Waals surface area contributed by atoms with Crippen LogP contribution in [0.15, 0.2) is 4.52 Å². The molecule has 1 aliphatic heterocycles. The van der Waals surface area contributed by atoms with Gasteiger partial charge in [0.25, 0.3) is 5.89 Å². The molecule has 0 bridgehead atoms. The number of β-amino-alcohol motifs (C(OH)–C–C–N with tert-alkyl or cyclic N) is 1. The number of aromatic nitrogens is 2. The first-order chi connectivity index (χ1) is 8.33. The summed E-state index contributed by atoms with van der Waals surface area (Å²) in [6.07, 6.45) is 2.04. The Balaban J connectivity index is 1.86. The molecular weight excluding hydrogens is 222 g/mol. The van der Waals surface area contributed by atoms with Crippen LogP contribution in [0.5, 0.6) is 0 Å². The molecule has 0 unspecified atom stereocenters. The lowest BCUT2D eigenvalue weighted by Gasteiger charge is -2.29. The molecule has 17 heavy (non-hydrogen) atoms. The Morgan fingerprint density at radius 3 is 2.88 bits per heavy atom. The highest BCUT2D eigenvalue weighted by Gasteiger charge is 2.24. The lowest BCUT2D eigenvalue weighted by molar-refractivity contribution is 0.151. The summed E-state index contributed by atoms with van der Waals surface area (Å²) in [7, 11) is 1.61. The van der Waals surface area contributed by atoms with E-state index in [1.54, 1.807) is 7.11 Å². The second kappa shape index (κ2) is 6.09. The first-order valence-corrected chi connectivity index (χ1v) is 5.98. The van der Waals surface area contributed by atoms with Crippen molar-refractivity contribution in [2.75, 3.05) is 33.4 Å². The van der Waals surface area contributed by atoms with Gasteiger partial charge in [0.1, 0.15) is 6.61 Å². The molecular formula is C11H19N3O3. The quantitative estimate of drug-likeness (QED) is 0.804. The third kappa shape index (κ3) is 3.24. The van der Waals surface area contributed by atoms with Crippen molar-refractivity contribution in [2.45, 2.75) is 25.4 Å². The van der Waals surface area contributed by atoms with Crippen molar-refractivity contribution in [1.82, 2.24) is 15.0 Å². The number of aliphatic hydroxyl groups is 1. The van der Waals surface area contributed by atoms with E-state index in [4.69, 9.17) is 14.4 Å². The van der Waals surface area contributed by atoms with Gasteiger partial charge in [-0.1, -0.05) is 5.16 Å². The minimum Gasteiger partial charge on any atom is -0.395 e. The fourth-order valence-electron chi connectivity index (χ4n) is 2.17. The van der Waals surface area contributed by atoms with Crippen LogP contribution in [0.2, 0.25) is 0 Å². The Morgan fingerprint density at radius 2 is 2.24 bits per heavy atom. The molecule has 1 aromatic rings. The maximum Gasteiger partial charge on any atom is 0.252 e. The van der Waals surface area contributed by atoms with E-state index in [1.165, 1.54) is 0 Å². The van der Waals surface area contributed by atoms with Gasteiger partial charge >= 0.3 is 0 Å². The number of methoxy groups -OCH3 is 1. The van der Waals surface area contributed by atoms with Gasteiger partial charge in [-0.15, -0.1) is 0 Å². The van der Waals surface area contributed by atoms with E-state index in [-0.39, 0.29) is 6.61 Å². The number of rotatable bonds is 5. The van der Waals surface area contributed by atoms with Gasteiger partial charge in [-0.05, 0) is 25.9 Å². The Hall–Kier alpha value is -0.980. The number of ether oxygens (including phenoxy) is 1. The van der Waals surface area contributed by atoms with Gasteiger partial charge in [0.2, 0.25) is 0 Å². The third-order valence-electron chi connectivity index (χ3n) is 3.12. The molecule has 1 fully saturated rings. The Labute approximate surface area is 101 Å². The molecule has 2 heterocycles. The van der Waals surface area contributed by atoms with Gasteiger partial charge in [-0.25, -0.2) is 0 Å². The molecule has 0 radical (unpaired) electrons. The van der Waals surface area contributed by atoms with Crippen LogP contribution in [0.4, 0.5) is 0 Å². The minimum atomic E-state index is 0.227. The second-order valence-corrected chi connectivity index (χ2v) is 4.32. The summed E-state index contributed by atoms with van der Waals surface area (Å²) in [6.45, 7) is 3.33. The molecule has 0 amide bonds.